The van der Waals surface area contributed by atoms with Crippen molar-refractivity contribution in [2.45, 2.75) is 11.8 Å². The predicted octanol–water partition coefficient (Wildman–Crippen LogP) is 3.75. The number of benzene rings is 1. The Morgan fingerprint density at radius 1 is 1.26 bits per heavy atom. The van der Waals surface area contributed by atoms with Crippen molar-refractivity contribution in [1.82, 2.24) is 0 Å². The number of hydrogen-bond acceptors (Lipinski definition) is 4. The zero-order valence-corrected chi connectivity index (χ0v) is 12.9. The lowest BCUT2D eigenvalue weighted by molar-refractivity contribution is 0.601. The molecule has 1 heterocycles. The largest absolute Gasteiger partial charge is 0.399 e. The summed E-state index contributed by atoms with van der Waals surface area (Å²) in [5, 5.41) is 0. The van der Waals surface area contributed by atoms with Crippen LogP contribution in [0.2, 0.25) is 8.67 Å². The first-order valence-corrected chi connectivity index (χ1v) is 8.19. The maximum absolute atomic E-state index is 12.2. The second-order valence-electron chi connectivity index (χ2n) is 3.87. The van der Waals surface area contributed by atoms with Crippen LogP contribution in [0.5, 0.6) is 0 Å². The molecule has 0 unspecified atom stereocenters. The summed E-state index contributed by atoms with van der Waals surface area (Å²) in [5.41, 5.74) is 7.48. The Balaban J connectivity index is 2.36. The number of nitrogens with two attached hydrogens (primary N) is 1. The maximum Gasteiger partial charge on any atom is 0.264 e. The molecule has 0 spiro atoms. The summed E-state index contributed by atoms with van der Waals surface area (Å²) in [6, 6.07) is 6.19. The normalized spacial score (nSPS) is 11.5. The molecule has 4 nitrogen and oxygen atoms in total. The summed E-state index contributed by atoms with van der Waals surface area (Å²) < 4.78 is 27.2. The highest BCUT2D eigenvalue weighted by atomic mass is 35.5. The molecule has 102 valence electrons. The topological polar surface area (TPSA) is 72.2 Å². The van der Waals surface area contributed by atoms with Gasteiger partial charge in [0.2, 0.25) is 0 Å². The second-order valence-corrected chi connectivity index (χ2v) is 7.80. The van der Waals surface area contributed by atoms with Crippen LogP contribution in [-0.4, -0.2) is 8.42 Å². The van der Waals surface area contributed by atoms with E-state index >= 15 is 0 Å². The van der Waals surface area contributed by atoms with Gasteiger partial charge in [0.15, 0.2) is 0 Å². The fourth-order valence-electron chi connectivity index (χ4n) is 1.46. The molecule has 0 atom stereocenters. The Morgan fingerprint density at radius 2 is 1.95 bits per heavy atom. The Bertz CT molecular complexity index is 726. The van der Waals surface area contributed by atoms with Gasteiger partial charge >= 0.3 is 0 Å². The number of nitrogen functional groups attached to an aromatic ring is 1. The zero-order chi connectivity index (χ0) is 14.2. The number of nitrogens with one attached hydrogen (secondary N) is 1. The van der Waals surface area contributed by atoms with Crippen molar-refractivity contribution in [3.05, 3.63) is 38.5 Å². The molecule has 2 aromatic rings. The van der Waals surface area contributed by atoms with Crippen molar-refractivity contribution < 1.29 is 8.42 Å². The molecule has 2 rings (SSSR count). The van der Waals surface area contributed by atoms with E-state index in [-0.39, 0.29) is 9.23 Å². The van der Waals surface area contributed by atoms with Crippen LogP contribution in [-0.2, 0) is 10.0 Å². The highest BCUT2D eigenvalue weighted by Crippen LogP contribution is 2.35. The molecule has 0 saturated heterocycles. The van der Waals surface area contributed by atoms with Gasteiger partial charge in [-0.2, -0.15) is 0 Å². The van der Waals surface area contributed by atoms with Crippen LogP contribution in [0.15, 0.2) is 29.2 Å². The molecule has 0 aliphatic heterocycles. The SMILES string of the molecule is Cc1cc(NS(=O)(=O)c2cc(Cl)sc2Cl)ccc1N. The van der Waals surface area contributed by atoms with E-state index in [1.165, 1.54) is 6.07 Å². The smallest absolute Gasteiger partial charge is 0.264 e. The van der Waals surface area contributed by atoms with Crippen LogP contribution < -0.4 is 10.5 Å². The first-order chi connectivity index (χ1) is 8.79. The number of thiophene rings is 1. The molecule has 1 aromatic heterocycles. The van der Waals surface area contributed by atoms with E-state index in [9.17, 15) is 8.42 Å². The van der Waals surface area contributed by atoms with Crippen LogP contribution >= 0.6 is 34.5 Å². The first kappa shape index (κ1) is 14.5. The van der Waals surface area contributed by atoms with Crippen LogP contribution in [0.3, 0.4) is 0 Å². The maximum atomic E-state index is 12.2. The highest BCUT2D eigenvalue weighted by Gasteiger charge is 2.21. The van der Waals surface area contributed by atoms with E-state index in [0.717, 1.165) is 16.9 Å². The molecular formula is C11H10Cl2N2O2S2. The van der Waals surface area contributed by atoms with Crippen molar-refractivity contribution >= 4 is 55.9 Å². The molecule has 0 amide bonds. The van der Waals surface area contributed by atoms with Gasteiger partial charge in [-0.05, 0) is 36.8 Å². The van der Waals surface area contributed by atoms with E-state index in [1.807, 2.05) is 0 Å². The summed E-state index contributed by atoms with van der Waals surface area (Å²) >= 11 is 12.6. The van der Waals surface area contributed by atoms with Gasteiger partial charge in [-0.25, -0.2) is 8.42 Å². The van der Waals surface area contributed by atoms with Gasteiger partial charge in [0.1, 0.15) is 9.23 Å². The third-order valence-electron chi connectivity index (χ3n) is 2.44. The van der Waals surface area contributed by atoms with Crippen LogP contribution in [0.4, 0.5) is 11.4 Å². The standard InChI is InChI=1S/C11H10Cl2N2O2S2/c1-6-4-7(2-3-8(6)14)15-19(16,17)9-5-10(12)18-11(9)13/h2-5,15H,14H2,1H3. The third-order valence-corrected chi connectivity index (χ3v) is 5.57. The average Bonchev–Trinajstić information content (AvgIpc) is 2.63. The van der Waals surface area contributed by atoms with E-state index in [2.05, 4.69) is 4.72 Å². The number of sulfonamides is 1. The van der Waals surface area contributed by atoms with Gasteiger partial charge in [0, 0.05) is 11.4 Å². The molecular weight excluding hydrogens is 327 g/mol. The van der Waals surface area contributed by atoms with E-state index in [4.69, 9.17) is 28.9 Å². The molecule has 0 radical (unpaired) electrons. The van der Waals surface area contributed by atoms with Gasteiger partial charge in [0.25, 0.3) is 10.0 Å². The van der Waals surface area contributed by atoms with Gasteiger partial charge in [-0.1, -0.05) is 23.2 Å². The molecule has 19 heavy (non-hydrogen) atoms. The number of aryl methyl sites for hydroxylation is 1. The van der Waals surface area contributed by atoms with E-state index in [1.54, 1.807) is 25.1 Å². The number of rotatable bonds is 3. The van der Waals surface area contributed by atoms with Gasteiger partial charge < -0.3 is 5.73 Å². The average molecular weight is 337 g/mol. The summed E-state index contributed by atoms with van der Waals surface area (Å²) in [6.45, 7) is 1.79. The second kappa shape index (κ2) is 5.20. The van der Waals surface area contributed by atoms with Crippen LogP contribution in [0.25, 0.3) is 0 Å². The Hall–Kier alpha value is -0.950. The summed E-state index contributed by atoms with van der Waals surface area (Å²) in [6.07, 6.45) is 0. The number of anilines is 2. The molecule has 0 saturated carbocycles. The van der Waals surface area contributed by atoms with Crippen LogP contribution in [0, 0.1) is 6.92 Å². The molecule has 0 fully saturated rings. The van der Waals surface area contributed by atoms with Gasteiger partial charge in [-0.15, -0.1) is 11.3 Å². The van der Waals surface area contributed by atoms with Crippen molar-refractivity contribution in [1.29, 1.82) is 0 Å². The molecule has 8 heteroatoms. The van der Waals surface area contributed by atoms with E-state index in [0.29, 0.717) is 15.7 Å². The molecule has 0 bridgehead atoms. The lowest BCUT2D eigenvalue weighted by Crippen LogP contribution is -2.12. The quantitative estimate of drug-likeness (QED) is 0.838. The fourth-order valence-corrected chi connectivity index (χ4v) is 4.66. The molecule has 0 aliphatic carbocycles. The molecule has 1 aromatic carbocycles. The van der Waals surface area contributed by atoms with Gasteiger partial charge in [-0.3, -0.25) is 4.72 Å². The van der Waals surface area contributed by atoms with Crippen molar-refractivity contribution in [3.63, 3.8) is 0 Å². The Kier molecular flexibility index (Phi) is 3.96. The number of hydrogen-bond donors (Lipinski definition) is 2. The minimum absolute atomic E-state index is 0.0290. The highest BCUT2D eigenvalue weighted by molar-refractivity contribution is 7.93. The minimum atomic E-state index is -3.75. The summed E-state index contributed by atoms with van der Waals surface area (Å²) in [4.78, 5) is -0.0290. The predicted molar refractivity (Wildman–Crippen MR) is 80.7 cm³/mol. The van der Waals surface area contributed by atoms with Crippen molar-refractivity contribution in [2.24, 2.45) is 0 Å². The Labute approximate surface area is 125 Å². The monoisotopic (exact) mass is 336 g/mol. The summed E-state index contributed by atoms with van der Waals surface area (Å²) in [5.74, 6) is 0. The van der Waals surface area contributed by atoms with E-state index < -0.39 is 10.0 Å². The van der Waals surface area contributed by atoms with Crippen LogP contribution in [0.1, 0.15) is 5.56 Å². The minimum Gasteiger partial charge on any atom is -0.399 e. The Morgan fingerprint density at radius 3 is 2.47 bits per heavy atom. The summed E-state index contributed by atoms with van der Waals surface area (Å²) in [7, 11) is -3.75. The van der Waals surface area contributed by atoms with Gasteiger partial charge in [0.05, 0.1) is 4.34 Å². The number of halogens is 2. The van der Waals surface area contributed by atoms with Crippen molar-refractivity contribution in [2.75, 3.05) is 10.5 Å². The molecule has 0 aliphatic rings. The lowest BCUT2D eigenvalue weighted by Gasteiger charge is -2.08. The molecule has 3 N–H and O–H groups in total. The fraction of sp³-hybridized carbons (Fsp3) is 0.0909. The lowest BCUT2D eigenvalue weighted by atomic mass is 10.2. The van der Waals surface area contributed by atoms with Crippen molar-refractivity contribution in [3.8, 4) is 0 Å². The zero-order valence-electron chi connectivity index (χ0n) is 9.78. The third kappa shape index (κ3) is 3.14. The first-order valence-electron chi connectivity index (χ1n) is 5.13.